The molecule has 0 radical (unpaired) electrons. The van der Waals surface area contributed by atoms with E-state index in [-0.39, 0.29) is 10.8 Å². The second kappa shape index (κ2) is 9.58. The monoisotopic (exact) mass is 644 g/mol. The van der Waals surface area contributed by atoms with E-state index in [4.69, 9.17) is 0 Å². The molecule has 0 amide bonds. The van der Waals surface area contributed by atoms with E-state index in [0.29, 0.717) is 27.9 Å². The first kappa shape index (κ1) is 29.1. The third-order valence-corrected chi connectivity index (χ3v) is 17.7. The molecule has 12 aliphatic carbocycles. The Kier molecular flexibility index (Phi) is 5.82. The second-order valence-corrected chi connectivity index (χ2v) is 19.7. The molecule has 0 spiro atoms. The number of carboxylic acids is 2. The molecule has 0 heterocycles. The minimum absolute atomic E-state index is 0.119. The molecule has 14 rings (SSSR count). The summed E-state index contributed by atoms with van der Waals surface area (Å²) in [5.74, 6) is 6.67. The van der Waals surface area contributed by atoms with Crippen molar-refractivity contribution in [1.82, 2.24) is 0 Å². The van der Waals surface area contributed by atoms with E-state index in [1.165, 1.54) is 114 Å². The van der Waals surface area contributed by atoms with E-state index < -0.39 is 11.9 Å². The van der Waals surface area contributed by atoms with Crippen LogP contribution >= 0.6 is 0 Å². The van der Waals surface area contributed by atoms with Crippen molar-refractivity contribution in [2.24, 2.45) is 75.4 Å². The fraction of sp³-hybridized carbons (Fsp3) is 0.682. The Morgan fingerprint density at radius 3 is 1.31 bits per heavy atom. The van der Waals surface area contributed by atoms with Gasteiger partial charge >= 0.3 is 11.9 Å². The van der Waals surface area contributed by atoms with Crippen LogP contribution in [-0.4, -0.2) is 22.2 Å². The van der Waals surface area contributed by atoms with E-state index in [0.717, 1.165) is 53.3 Å². The van der Waals surface area contributed by atoms with Gasteiger partial charge in [-0.2, -0.15) is 0 Å². The molecule has 2 N–H and O–H groups in total. The summed E-state index contributed by atoms with van der Waals surface area (Å²) in [5.41, 5.74) is 4.12. The van der Waals surface area contributed by atoms with Gasteiger partial charge in [0.15, 0.2) is 0 Å². The van der Waals surface area contributed by atoms with Crippen LogP contribution in [-0.2, 0) is 5.41 Å². The van der Waals surface area contributed by atoms with Gasteiger partial charge in [-0.15, -0.1) is 0 Å². The molecule has 12 saturated carbocycles. The van der Waals surface area contributed by atoms with Gasteiger partial charge in [0.25, 0.3) is 0 Å². The van der Waals surface area contributed by atoms with Crippen molar-refractivity contribution in [3.05, 3.63) is 70.8 Å². The summed E-state index contributed by atoms with van der Waals surface area (Å²) in [7, 11) is 0. The molecule has 5 atom stereocenters. The zero-order chi connectivity index (χ0) is 32.2. The lowest BCUT2D eigenvalue weighted by Crippen LogP contribution is -2.75. The smallest absolute Gasteiger partial charge is 0.335 e. The van der Waals surface area contributed by atoms with Crippen molar-refractivity contribution < 1.29 is 19.8 Å². The fourth-order valence-corrected chi connectivity index (χ4v) is 18.1. The molecule has 252 valence electrons. The lowest BCUT2D eigenvalue weighted by molar-refractivity contribution is -0.296. The number of aromatic carboxylic acids is 2. The molecule has 4 heteroatoms. The van der Waals surface area contributed by atoms with Crippen molar-refractivity contribution >= 4 is 11.9 Å². The molecule has 0 aliphatic heterocycles. The molecule has 0 saturated heterocycles. The van der Waals surface area contributed by atoms with E-state index in [9.17, 15) is 19.8 Å². The quantitative estimate of drug-likeness (QED) is 0.328. The van der Waals surface area contributed by atoms with Crippen LogP contribution in [0, 0.1) is 75.4 Å². The van der Waals surface area contributed by atoms with Crippen LogP contribution in [0.3, 0.4) is 0 Å². The summed E-state index contributed by atoms with van der Waals surface area (Å²) < 4.78 is 0. The Morgan fingerprint density at radius 1 is 0.500 bits per heavy atom. The van der Waals surface area contributed by atoms with Crippen molar-refractivity contribution in [2.45, 2.75) is 108 Å². The highest BCUT2D eigenvalue weighted by atomic mass is 16.4. The first-order valence-electron chi connectivity index (χ1n) is 19.9. The summed E-state index contributed by atoms with van der Waals surface area (Å²) in [6.45, 7) is 0. The molecule has 2 aromatic carbocycles. The van der Waals surface area contributed by atoms with Gasteiger partial charge < -0.3 is 10.2 Å². The maximum absolute atomic E-state index is 12.2. The zero-order valence-corrected chi connectivity index (χ0v) is 28.4. The molecular formula is C44H52O4. The van der Waals surface area contributed by atoms with Crippen LogP contribution < -0.4 is 0 Å². The number of hydrogen-bond donors (Lipinski definition) is 2. The minimum atomic E-state index is -0.857. The highest BCUT2D eigenvalue weighted by molar-refractivity contribution is 5.88. The van der Waals surface area contributed by atoms with Gasteiger partial charge in [0.1, 0.15) is 0 Å². The summed E-state index contributed by atoms with van der Waals surface area (Å²) in [4.78, 5) is 24.3. The van der Waals surface area contributed by atoms with Crippen molar-refractivity contribution in [1.29, 1.82) is 0 Å². The van der Waals surface area contributed by atoms with Crippen LogP contribution in [0.15, 0.2) is 48.5 Å². The average Bonchev–Trinajstić information content (AvgIpc) is 3.03. The molecule has 5 unspecified atom stereocenters. The summed E-state index contributed by atoms with van der Waals surface area (Å²) in [6.07, 6.45) is 22.8. The van der Waals surface area contributed by atoms with Gasteiger partial charge in [-0.1, -0.05) is 24.3 Å². The lowest BCUT2D eigenvalue weighted by atomic mass is 9.23. The largest absolute Gasteiger partial charge is 0.478 e. The molecule has 12 bridgehead atoms. The first-order chi connectivity index (χ1) is 23.2. The maximum Gasteiger partial charge on any atom is 0.335 e. The summed E-state index contributed by atoms with van der Waals surface area (Å²) in [6, 6.07) is 16.4. The highest BCUT2D eigenvalue weighted by Gasteiger charge is 2.78. The van der Waals surface area contributed by atoms with Crippen molar-refractivity contribution in [3.8, 4) is 0 Å². The SMILES string of the molecule is O=C(O)c1ccc(C2(c3ccc(C(=O)O)cc3)C3CC4CC(C3)CC2(C23CC5CC(CC(C5)C2C25CC6CC(CC(C6)C2)C5)C3)C4)cc1. The average molecular weight is 645 g/mol. The normalized spacial score (nSPS) is 48.2. The summed E-state index contributed by atoms with van der Waals surface area (Å²) in [5, 5.41) is 20.0. The Balaban J connectivity index is 1.18. The van der Waals surface area contributed by atoms with E-state index in [2.05, 4.69) is 24.3 Å². The molecule has 12 aliphatic rings. The molecule has 2 aromatic rings. The number of benzene rings is 2. The first-order valence-corrected chi connectivity index (χ1v) is 19.9. The van der Waals surface area contributed by atoms with Crippen LogP contribution in [0.4, 0.5) is 0 Å². The number of carbonyl (C=O) groups is 2. The van der Waals surface area contributed by atoms with Crippen LogP contribution in [0.5, 0.6) is 0 Å². The van der Waals surface area contributed by atoms with E-state index in [1.54, 1.807) is 0 Å². The Bertz CT molecular complexity index is 1560. The Morgan fingerprint density at radius 2 is 0.896 bits per heavy atom. The lowest BCUT2D eigenvalue weighted by Gasteiger charge is -2.81. The molecule has 0 aromatic heterocycles. The number of hydrogen-bond acceptors (Lipinski definition) is 2. The minimum Gasteiger partial charge on any atom is -0.478 e. The van der Waals surface area contributed by atoms with Gasteiger partial charge in [-0.3, -0.25) is 0 Å². The van der Waals surface area contributed by atoms with E-state index in [1.807, 2.05) is 24.3 Å². The molecular weight excluding hydrogens is 592 g/mol. The maximum atomic E-state index is 12.2. The van der Waals surface area contributed by atoms with Gasteiger partial charge in [-0.25, -0.2) is 9.59 Å². The van der Waals surface area contributed by atoms with Gasteiger partial charge in [0.05, 0.1) is 11.1 Å². The molecule has 48 heavy (non-hydrogen) atoms. The van der Waals surface area contributed by atoms with Crippen LogP contribution in [0.2, 0.25) is 0 Å². The third-order valence-electron chi connectivity index (χ3n) is 17.7. The fourth-order valence-electron chi connectivity index (χ4n) is 18.1. The van der Waals surface area contributed by atoms with Gasteiger partial charge in [0, 0.05) is 5.41 Å². The third kappa shape index (κ3) is 3.54. The van der Waals surface area contributed by atoms with Gasteiger partial charge in [-0.05, 0) is 214 Å². The van der Waals surface area contributed by atoms with Crippen LogP contribution in [0.1, 0.15) is 135 Å². The highest BCUT2D eigenvalue weighted by Crippen LogP contribution is 2.85. The summed E-state index contributed by atoms with van der Waals surface area (Å²) >= 11 is 0. The zero-order valence-electron chi connectivity index (χ0n) is 28.4. The second-order valence-electron chi connectivity index (χ2n) is 19.7. The van der Waals surface area contributed by atoms with Crippen LogP contribution in [0.25, 0.3) is 0 Å². The topological polar surface area (TPSA) is 74.6 Å². The molecule has 12 fully saturated rings. The predicted octanol–water partition coefficient (Wildman–Crippen LogP) is 9.85. The number of rotatable bonds is 6. The Labute approximate surface area is 285 Å². The number of carboxylic acid groups (broad SMARTS) is 2. The molecule has 4 nitrogen and oxygen atoms in total. The van der Waals surface area contributed by atoms with Crippen molar-refractivity contribution in [2.75, 3.05) is 0 Å². The van der Waals surface area contributed by atoms with Gasteiger partial charge in [0.2, 0.25) is 0 Å². The standard InChI is InChI=1S/C44H52O4/c45-39(46)32-1-5-35(6-2-32)44(36-7-3-33(4-8-36)40(47)48)37-16-30-13-31(17-37)24-43(44,23-30)42-21-28-12-29(22-42)15-34(14-28)38(42)41-18-25-9-26(19-41)11-27(10-25)20-41/h1-8,25-31,34,37-38H,9-24H2,(H,45,46)(H,47,48). The predicted molar refractivity (Wildman–Crippen MR) is 184 cm³/mol. The Hall–Kier alpha value is -2.62. The van der Waals surface area contributed by atoms with Crippen molar-refractivity contribution in [3.63, 3.8) is 0 Å². The van der Waals surface area contributed by atoms with E-state index >= 15 is 0 Å².